The van der Waals surface area contributed by atoms with E-state index >= 15 is 0 Å². The molecule has 0 radical (unpaired) electrons. The Bertz CT molecular complexity index is 316. The van der Waals surface area contributed by atoms with Crippen LogP contribution in [0.1, 0.15) is 18.1 Å². The summed E-state index contributed by atoms with van der Waals surface area (Å²) in [5.41, 5.74) is 0.615. The average molecular weight is 216 g/mol. The molecule has 1 aromatic carbocycles. The summed E-state index contributed by atoms with van der Waals surface area (Å²) in [7, 11) is 0. The van der Waals surface area contributed by atoms with Crippen LogP contribution < -0.4 is 0 Å². The Morgan fingerprint density at radius 2 is 1.80 bits per heavy atom. The largest absolute Gasteiger partial charge is 0.409 e. The van der Waals surface area contributed by atoms with Crippen LogP contribution in [0.3, 0.4) is 0 Å². The van der Waals surface area contributed by atoms with Crippen LogP contribution in [0.4, 0.5) is 13.2 Å². The number of benzene rings is 1. The summed E-state index contributed by atoms with van der Waals surface area (Å²) < 4.78 is 35.2. The van der Waals surface area contributed by atoms with Gasteiger partial charge in [-0.1, -0.05) is 36.4 Å². The Morgan fingerprint density at radius 3 is 2.33 bits per heavy atom. The van der Waals surface area contributed by atoms with Crippen LogP contribution in [0.2, 0.25) is 0 Å². The molecule has 1 N–H and O–H groups in total. The second-order valence-corrected chi connectivity index (χ2v) is 3.11. The second-order valence-electron chi connectivity index (χ2n) is 3.11. The van der Waals surface area contributed by atoms with Crippen molar-refractivity contribution < 1.29 is 18.3 Å². The normalized spacial score (nSPS) is 14.4. The molecule has 0 aliphatic carbocycles. The summed E-state index contributed by atoms with van der Waals surface area (Å²) in [4.78, 5) is 0. The maximum absolute atomic E-state index is 11.7. The van der Waals surface area contributed by atoms with E-state index in [-0.39, 0.29) is 12.5 Å². The van der Waals surface area contributed by atoms with Crippen LogP contribution in [-0.2, 0) is 0 Å². The molecule has 15 heavy (non-hydrogen) atoms. The molecule has 4 heteroatoms. The number of hydrogen-bond acceptors (Lipinski definition) is 1. The van der Waals surface area contributed by atoms with Crippen molar-refractivity contribution in [1.82, 2.24) is 0 Å². The number of aliphatic hydroxyl groups is 1. The third kappa shape index (κ3) is 4.65. The van der Waals surface area contributed by atoms with Crippen LogP contribution >= 0.6 is 0 Å². The van der Waals surface area contributed by atoms with Gasteiger partial charge in [0.1, 0.15) is 0 Å². The molecule has 1 aromatic rings. The van der Waals surface area contributed by atoms with Crippen molar-refractivity contribution in [3.05, 3.63) is 48.0 Å². The van der Waals surface area contributed by atoms with Crippen molar-refractivity contribution in [1.29, 1.82) is 0 Å². The second kappa shape index (κ2) is 4.98. The third-order valence-electron chi connectivity index (χ3n) is 1.85. The number of alkyl halides is 3. The lowest BCUT2D eigenvalue weighted by Gasteiger charge is -2.07. The van der Waals surface area contributed by atoms with Gasteiger partial charge in [0.2, 0.25) is 0 Å². The lowest BCUT2D eigenvalue weighted by Crippen LogP contribution is -2.01. The third-order valence-corrected chi connectivity index (χ3v) is 1.85. The predicted molar refractivity (Wildman–Crippen MR) is 51.2 cm³/mol. The Morgan fingerprint density at radius 1 is 1.20 bits per heavy atom. The van der Waals surface area contributed by atoms with Gasteiger partial charge in [-0.2, -0.15) is 13.2 Å². The van der Waals surface area contributed by atoms with Gasteiger partial charge in [-0.3, -0.25) is 0 Å². The fourth-order valence-electron chi connectivity index (χ4n) is 1.14. The van der Waals surface area contributed by atoms with Gasteiger partial charge in [-0.25, -0.2) is 0 Å². The van der Waals surface area contributed by atoms with E-state index in [2.05, 4.69) is 0 Å². The van der Waals surface area contributed by atoms with Crippen molar-refractivity contribution in [3.8, 4) is 0 Å². The van der Waals surface area contributed by atoms with E-state index in [0.29, 0.717) is 5.56 Å². The Hall–Kier alpha value is -1.29. The standard InChI is InChI=1S/C11H11F3O/c12-11(13,14)8-4-7-10(15)9-5-2-1-3-6-9/h1-6,8,10,15H,7H2/b8-4-. The molecule has 0 aliphatic rings. The predicted octanol–water partition coefficient (Wildman–Crippen LogP) is 3.23. The molecule has 0 amide bonds. The van der Waals surface area contributed by atoms with E-state index in [9.17, 15) is 18.3 Å². The van der Waals surface area contributed by atoms with Crippen LogP contribution in [0.25, 0.3) is 0 Å². The number of hydrogen-bond donors (Lipinski definition) is 1. The minimum atomic E-state index is -4.31. The molecule has 0 saturated carbocycles. The maximum atomic E-state index is 11.7. The van der Waals surface area contributed by atoms with E-state index < -0.39 is 12.3 Å². The van der Waals surface area contributed by atoms with Crippen LogP contribution in [0.15, 0.2) is 42.5 Å². The molecule has 1 unspecified atom stereocenters. The highest BCUT2D eigenvalue weighted by molar-refractivity contribution is 5.17. The Labute approximate surface area is 85.9 Å². The molecule has 0 fully saturated rings. The zero-order valence-electron chi connectivity index (χ0n) is 7.91. The summed E-state index contributed by atoms with van der Waals surface area (Å²) in [5, 5.41) is 9.50. The van der Waals surface area contributed by atoms with Gasteiger partial charge in [-0.15, -0.1) is 0 Å². The highest BCUT2D eigenvalue weighted by atomic mass is 19.4. The highest BCUT2D eigenvalue weighted by Gasteiger charge is 2.21. The van der Waals surface area contributed by atoms with Gasteiger partial charge in [0.15, 0.2) is 0 Å². The van der Waals surface area contributed by atoms with Gasteiger partial charge in [0, 0.05) is 6.08 Å². The van der Waals surface area contributed by atoms with Crippen LogP contribution in [-0.4, -0.2) is 11.3 Å². The van der Waals surface area contributed by atoms with Crippen molar-refractivity contribution in [3.63, 3.8) is 0 Å². The van der Waals surface area contributed by atoms with E-state index in [1.165, 1.54) is 0 Å². The van der Waals surface area contributed by atoms with Crippen molar-refractivity contribution in [2.75, 3.05) is 0 Å². The smallest absolute Gasteiger partial charge is 0.388 e. The summed E-state index contributed by atoms with van der Waals surface area (Å²) in [6.45, 7) is 0. The first-order valence-electron chi connectivity index (χ1n) is 4.46. The van der Waals surface area contributed by atoms with Crippen LogP contribution in [0, 0.1) is 0 Å². The molecule has 1 rings (SSSR count). The molecule has 0 spiro atoms. The maximum Gasteiger partial charge on any atom is 0.409 e. The molecule has 0 aromatic heterocycles. The SMILES string of the molecule is OC(C/C=C\C(F)(F)F)c1ccccc1. The minimum absolute atomic E-state index is 0.0382. The summed E-state index contributed by atoms with van der Waals surface area (Å²) in [5.74, 6) is 0. The first-order valence-corrected chi connectivity index (χ1v) is 4.46. The first kappa shape index (κ1) is 11.8. The molecule has 0 heterocycles. The molecule has 0 saturated heterocycles. The van der Waals surface area contributed by atoms with Crippen LogP contribution in [0.5, 0.6) is 0 Å². The Balaban J connectivity index is 2.51. The molecule has 0 bridgehead atoms. The molecule has 82 valence electrons. The Kier molecular flexibility index (Phi) is 3.91. The number of rotatable bonds is 3. The summed E-state index contributed by atoms with van der Waals surface area (Å²) in [6.07, 6.45) is -4.17. The van der Waals surface area contributed by atoms with Gasteiger partial charge >= 0.3 is 6.18 Å². The quantitative estimate of drug-likeness (QED) is 0.769. The summed E-state index contributed by atoms with van der Waals surface area (Å²) in [6, 6.07) is 8.58. The monoisotopic (exact) mass is 216 g/mol. The molecule has 0 aliphatic heterocycles. The lowest BCUT2D eigenvalue weighted by molar-refractivity contribution is -0.0801. The first-order chi connectivity index (χ1) is 6.99. The molecular formula is C11H11F3O. The minimum Gasteiger partial charge on any atom is -0.388 e. The highest BCUT2D eigenvalue weighted by Crippen LogP contribution is 2.20. The van der Waals surface area contributed by atoms with Gasteiger partial charge in [-0.05, 0) is 12.0 Å². The van der Waals surface area contributed by atoms with E-state index in [1.807, 2.05) is 0 Å². The van der Waals surface area contributed by atoms with Crippen molar-refractivity contribution in [2.24, 2.45) is 0 Å². The van der Waals surface area contributed by atoms with Gasteiger partial charge < -0.3 is 5.11 Å². The van der Waals surface area contributed by atoms with E-state index in [0.717, 1.165) is 6.08 Å². The van der Waals surface area contributed by atoms with Gasteiger partial charge in [0.25, 0.3) is 0 Å². The fourth-order valence-corrected chi connectivity index (χ4v) is 1.14. The van der Waals surface area contributed by atoms with Crippen molar-refractivity contribution in [2.45, 2.75) is 18.7 Å². The number of allylic oxidation sites excluding steroid dienone is 1. The molecule has 1 nitrogen and oxygen atoms in total. The lowest BCUT2D eigenvalue weighted by atomic mass is 10.1. The zero-order chi connectivity index (χ0) is 11.3. The van der Waals surface area contributed by atoms with E-state index in [4.69, 9.17) is 0 Å². The zero-order valence-corrected chi connectivity index (χ0v) is 7.91. The topological polar surface area (TPSA) is 20.2 Å². The van der Waals surface area contributed by atoms with Crippen molar-refractivity contribution >= 4 is 0 Å². The molecular weight excluding hydrogens is 205 g/mol. The number of halogens is 3. The van der Waals surface area contributed by atoms with E-state index in [1.54, 1.807) is 30.3 Å². The van der Waals surface area contributed by atoms with Gasteiger partial charge in [0.05, 0.1) is 6.10 Å². The molecule has 1 atom stereocenters. The average Bonchev–Trinajstić information content (AvgIpc) is 2.17. The fraction of sp³-hybridized carbons (Fsp3) is 0.273. The summed E-state index contributed by atoms with van der Waals surface area (Å²) >= 11 is 0. The number of aliphatic hydroxyl groups excluding tert-OH is 1.